The second-order valence-electron chi connectivity index (χ2n) is 8.56. The van der Waals surface area contributed by atoms with Gasteiger partial charge in [-0.15, -0.1) is 0 Å². The van der Waals surface area contributed by atoms with Crippen LogP contribution in [-0.2, 0) is 5.67 Å². The fourth-order valence-electron chi connectivity index (χ4n) is 3.94. The summed E-state index contributed by atoms with van der Waals surface area (Å²) in [6.07, 6.45) is -7.86. The maximum Gasteiger partial charge on any atom is 0.460 e. The van der Waals surface area contributed by atoms with Crippen molar-refractivity contribution in [2.75, 3.05) is 0 Å². The molecule has 0 amide bonds. The van der Waals surface area contributed by atoms with Gasteiger partial charge in [-0.05, 0) is 35.4 Å². The highest BCUT2D eigenvalue weighted by Crippen LogP contribution is 2.68. The number of benzene rings is 2. The van der Waals surface area contributed by atoms with Gasteiger partial charge in [-0.3, -0.25) is 0 Å². The fourth-order valence-corrected chi connectivity index (χ4v) is 4.66. The summed E-state index contributed by atoms with van der Waals surface area (Å²) in [5.41, 5.74) is -10.1. The maximum absolute atomic E-state index is 16.3. The molecular formula is C21H6Br2F18. The van der Waals surface area contributed by atoms with Crippen LogP contribution in [0, 0.1) is 0 Å². The summed E-state index contributed by atoms with van der Waals surface area (Å²) < 4.78 is 250. The van der Waals surface area contributed by atoms with E-state index in [4.69, 9.17) is 0 Å². The minimum Gasteiger partial charge on any atom is -0.226 e. The zero-order valence-electron chi connectivity index (χ0n) is 18.5. The highest BCUT2D eigenvalue weighted by Gasteiger charge is 2.96. The molecule has 0 nitrogen and oxygen atoms in total. The van der Waals surface area contributed by atoms with E-state index in [1.807, 2.05) is 0 Å². The Kier molecular flexibility index (Phi) is 7.45. The zero-order valence-corrected chi connectivity index (χ0v) is 21.7. The van der Waals surface area contributed by atoms with Crippen molar-refractivity contribution in [2.45, 2.75) is 53.3 Å². The van der Waals surface area contributed by atoms with Crippen LogP contribution in [0.5, 0.6) is 0 Å². The largest absolute Gasteiger partial charge is 0.460 e. The Hall–Kier alpha value is -1.86. The van der Waals surface area contributed by atoms with Crippen LogP contribution in [-0.4, -0.2) is 47.6 Å². The van der Waals surface area contributed by atoms with Gasteiger partial charge in [0.25, 0.3) is 0 Å². The molecule has 0 bridgehead atoms. The standard InChI is InChI=1S/C21H6Br2F18/c22-7-1-3-9-10-4-2-8(23)6-12(10)13(24,11(9)5-7)14(25,26)15(27,28)16(29,30)17(31,32)18(33,34)19(35,36)20(37,38)21(39,40)41/h1-6H. The molecule has 0 saturated carbocycles. The first kappa shape index (κ1) is 33.6. The number of halogens is 20. The molecule has 1 aliphatic carbocycles. The Morgan fingerprint density at radius 1 is 0.439 bits per heavy atom. The molecule has 0 aromatic heterocycles. The van der Waals surface area contributed by atoms with Crippen molar-refractivity contribution < 1.29 is 79.0 Å². The van der Waals surface area contributed by atoms with Gasteiger partial charge in [-0.1, -0.05) is 44.0 Å². The SMILES string of the molecule is FC(F)(F)C(F)(F)C(F)(F)C(F)(F)C(F)(F)C(F)(F)C(F)(F)C(F)(F)C1(F)c2cc(Br)ccc2-c2ccc(Br)cc21. The van der Waals surface area contributed by atoms with E-state index in [1.165, 1.54) is 0 Å². The van der Waals surface area contributed by atoms with E-state index in [2.05, 4.69) is 31.9 Å². The molecule has 0 heterocycles. The van der Waals surface area contributed by atoms with Crippen molar-refractivity contribution in [2.24, 2.45) is 0 Å². The van der Waals surface area contributed by atoms with E-state index in [-0.39, 0.29) is 12.1 Å². The average Bonchev–Trinajstić information content (AvgIpc) is 3.06. The minimum absolute atomic E-state index is 0.274. The molecule has 0 atom stereocenters. The first-order chi connectivity index (χ1) is 18.0. The lowest BCUT2D eigenvalue weighted by Gasteiger charge is -2.45. The molecule has 0 radical (unpaired) electrons. The predicted molar refractivity (Wildman–Crippen MR) is 110 cm³/mol. The normalized spacial score (nSPS) is 17.0. The number of alkyl halides is 18. The van der Waals surface area contributed by atoms with Gasteiger partial charge in [0.05, 0.1) is 0 Å². The predicted octanol–water partition coefficient (Wildman–Crippen LogP) is 10.4. The summed E-state index contributed by atoms with van der Waals surface area (Å²) in [6, 6.07) is 4.02. The Bertz CT molecular complexity index is 1310. The second-order valence-corrected chi connectivity index (χ2v) is 10.4. The molecule has 1 aliphatic rings. The Balaban J connectivity index is 2.30. The van der Waals surface area contributed by atoms with Crippen LogP contribution < -0.4 is 0 Å². The lowest BCUT2D eigenvalue weighted by atomic mass is 9.79. The van der Waals surface area contributed by atoms with E-state index in [0.29, 0.717) is 0 Å². The third-order valence-corrected chi connectivity index (χ3v) is 7.14. The fraction of sp³-hybridized carbons (Fsp3) is 0.429. The quantitative estimate of drug-likeness (QED) is 0.247. The van der Waals surface area contributed by atoms with E-state index < -0.39 is 84.5 Å². The first-order valence-electron chi connectivity index (χ1n) is 10.0. The highest BCUT2D eigenvalue weighted by molar-refractivity contribution is 9.10. The molecule has 2 aromatic carbocycles. The average molecular weight is 760 g/mol. The summed E-state index contributed by atoms with van der Waals surface area (Å²) in [7, 11) is 0. The summed E-state index contributed by atoms with van der Waals surface area (Å²) >= 11 is 5.25. The van der Waals surface area contributed by atoms with Crippen molar-refractivity contribution in [3.63, 3.8) is 0 Å². The van der Waals surface area contributed by atoms with E-state index in [1.54, 1.807) is 0 Å². The van der Waals surface area contributed by atoms with Gasteiger partial charge in [0.15, 0.2) is 0 Å². The third-order valence-electron chi connectivity index (χ3n) is 6.15. The van der Waals surface area contributed by atoms with Crippen LogP contribution in [0.4, 0.5) is 79.0 Å². The first-order valence-corrected chi connectivity index (χ1v) is 11.6. The molecule has 0 fully saturated rings. The van der Waals surface area contributed by atoms with Gasteiger partial charge in [0.1, 0.15) is 0 Å². The smallest absolute Gasteiger partial charge is 0.226 e. The van der Waals surface area contributed by atoms with Gasteiger partial charge < -0.3 is 0 Å². The molecule has 0 saturated heterocycles. The van der Waals surface area contributed by atoms with Crippen LogP contribution in [0.15, 0.2) is 45.3 Å². The van der Waals surface area contributed by atoms with Crippen molar-refractivity contribution in [3.05, 3.63) is 56.5 Å². The number of hydrogen-bond acceptors (Lipinski definition) is 0. The van der Waals surface area contributed by atoms with E-state index in [0.717, 1.165) is 24.3 Å². The van der Waals surface area contributed by atoms with Crippen LogP contribution in [0.3, 0.4) is 0 Å². The van der Waals surface area contributed by atoms with Crippen LogP contribution in [0.25, 0.3) is 11.1 Å². The minimum atomic E-state index is -8.81. The Labute approximate surface area is 231 Å². The van der Waals surface area contributed by atoms with E-state index in [9.17, 15) is 65.9 Å². The number of fused-ring (bicyclic) bond motifs is 3. The summed E-state index contributed by atoms with van der Waals surface area (Å²) in [5, 5.41) is 0. The molecule has 2 aromatic rings. The topological polar surface area (TPSA) is 0 Å². The second kappa shape index (κ2) is 9.07. The molecule has 3 rings (SSSR count). The Morgan fingerprint density at radius 3 is 1.05 bits per heavy atom. The van der Waals surface area contributed by atoms with Gasteiger partial charge in [-0.2, -0.15) is 74.6 Å². The van der Waals surface area contributed by atoms with Crippen molar-refractivity contribution in [3.8, 4) is 11.1 Å². The molecule has 0 N–H and O–H groups in total. The van der Waals surface area contributed by atoms with Gasteiger partial charge in [0.2, 0.25) is 5.67 Å². The molecular weight excluding hydrogens is 754 g/mol. The molecule has 0 unspecified atom stereocenters. The summed E-state index contributed by atoms with van der Waals surface area (Å²) in [5.74, 6) is -58.7. The maximum atomic E-state index is 16.3. The molecule has 20 heteroatoms. The zero-order chi connectivity index (χ0) is 32.2. The van der Waals surface area contributed by atoms with Crippen LogP contribution >= 0.6 is 31.9 Å². The van der Waals surface area contributed by atoms with Crippen LogP contribution in [0.2, 0.25) is 0 Å². The van der Waals surface area contributed by atoms with Crippen molar-refractivity contribution in [1.29, 1.82) is 0 Å². The number of hydrogen-bond donors (Lipinski definition) is 0. The molecule has 230 valence electrons. The third kappa shape index (κ3) is 3.96. The van der Waals surface area contributed by atoms with Crippen molar-refractivity contribution in [1.82, 2.24) is 0 Å². The molecule has 41 heavy (non-hydrogen) atoms. The van der Waals surface area contributed by atoms with Gasteiger partial charge in [0, 0.05) is 20.1 Å². The lowest BCUT2D eigenvalue weighted by molar-refractivity contribution is -0.465. The summed E-state index contributed by atoms with van der Waals surface area (Å²) in [6.45, 7) is 0. The lowest BCUT2D eigenvalue weighted by Crippen LogP contribution is -2.75. The van der Waals surface area contributed by atoms with E-state index >= 15 is 13.2 Å². The highest BCUT2D eigenvalue weighted by atomic mass is 79.9. The molecule has 0 spiro atoms. The van der Waals surface area contributed by atoms with Crippen LogP contribution in [0.1, 0.15) is 11.1 Å². The van der Waals surface area contributed by atoms with Gasteiger partial charge >= 0.3 is 47.6 Å². The van der Waals surface area contributed by atoms with Crippen molar-refractivity contribution >= 4 is 31.9 Å². The summed E-state index contributed by atoms with van der Waals surface area (Å²) in [4.78, 5) is 0. The van der Waals surface area contributed by atoms with Gasteiger partial charge in [-0.25, -0.2) is 4.39 Å². The number of rotatable bonds is 7. The molecule has 0 aliphatic heterocycles. The Morgan fingerprint density at radius 2 is 0.732 bits per heavy atom. The monoisotopic (exact) mass is 758 g/mol.